The Hall–Kier alpha value is -3.32. The quantitative estimate of drug-likeness (QED) is 0.702. The number of benzene rings is 2. The summed E-state index contributed by atoms with van der Waals surface area (Å²) in [5.74, 6) is 1.56. The van der Waals surface area contributed by atoms with Crippen LogP contribution in [0.5, 0.6) is 11.5 Å². The zero-order valence-corrected chi connectivity index (χ0v) is 14.9. The Bertz CT molecular complexity index is 979. The number of carbonyl (C=O) groups is 1. The molecule has 8 heteroatoms. The third kappa shape index (κ3) is 3.93. The lowest BCUT2D eigenvalue weighted by atomic mass is 10.2. The van der Waals surface area contributed by atoms with E-state index >= 15 is 0 Å². The highest BCUT2D eigenvalue weighted by Crippen LogP contribution is 2.34. The normalized spacial score (nSPS) is 11.9. The Labute approximate surface area is 160 Å². The zero-order valence-electron chi connectivity index (χ0n) is 14.1. The molecule has 0 fully saturated rings. The van der Waals surface area contributed by atoms with Crippen molar-refractivity contribution < 1.29 is 14.3 Å². The molecule has 1 amide bonds. The Morgan fingerprint density at radius 1 is 1.04 bits per heavy atom. The fourth-order valence-electron chi connectivity index (χ4n) is 2.55. The smallest absolute Gasteiger partial charge is 0.272 e. The zero-order chi connectivity index (χ0) is 18.6. The first-order chi connectivity index (χ1) is 13.2. The van der Waals surface area contributed by atoms with Crippen LogP contribution in [0.4, 0.5) is 11.5 Å². The first kappa shape index (κ1) is 17.1. The van der Waals surface area contributed by atoms with Crippen molar-refractivity contribution in [1.82, 2.24) is 15.5 Å². The summed E-state index contributed by atoms with van der Waals surface area (Å²) in [7, 11) is 0. The first-order valence-corrected chi connectivity index (χ1v) is 8.59. The summed E-state index contributed by atoms with van der Waals surface area (Å²) < 4.78 is 10.6. The van der Waals surface area contributed by atoms with Crippen LogP contribution in [0.15, 0.2) is 54.6 Å². The molecule has 27 heavy (non-hydrogen) atoms. The number of carbonyl (C=O) groups excluding carboxylic acids is 1. The van der Waals surface area contributed by atoms with E-state index in [1.807, 2.05) is 36.4 Å². The first-order valence-electron chi connectivity index (χ1n) is 8.21. The van der Waals surface area contributed by atoms with E-state index in [4.69, 9.17) is 21.1 Å². The van der Waals surface area contributed by atoms with Crippen LogP contribution in [-0.2, 0) is 6.54 Å². The summed E-state index contributed by atoms with van der Waals surface area (Å²) in [6.07, 6.45) is 0. The molecule has 2 N–H and O–H groups in total. The lowest BCUT2D eigenvalue weighted by Gasteiger charge is -2.08. The lowest BCUT2D eigenvalue weighted by Crippen LogP contribution is -2.24. The molecule has 2 aromatic carbocycles. The second-order valence-electron chi connectivity index (χ2n) is 5.77. The van der Waals surface area contributed by atoms with Gasteiger partial charge in [0.1, 0.15) is 0 Å². The fourth-order valence-corrected chi connectivity index (χ4v) is 2.75. The van der Waals surface area contributed by atoms with Gasteiger partial charge in [-0.2, -0.15) is 0 Å². The number of rotatable bonds is 5. The minimum atomic E-state index is -0.322. The number of aromatic nitrogens is 2. The predicted octanol–water partition coefficient (Wildman–Crippen LogP) is 3.53. The molecule has 1 aliphatic heterocycles. The van der Waals surface area contributed by atoms with Gasteiger partial charge in [0.15, 0.2) is 23.0 Å². The Kier molecular flexibility index (Phi) is 4.76. The Morgan fingerprint density at radius 3 is 2.70 bits per heavy atom. The second-order valence-corrected chi connectivity index (χ2v) is 6.18. The number of anilines is 2. The molecule has 4 rings (SSSR count). The minimum Gasteiger partial charge on any atom is -0.454 e. The number of halogens is 1. The molecule has 0 saturated heterocycles. The number of nitrogens with zero attached hydrogens (tertiary/aromatic N) is 2. The topological polar surface area (TPSA) is 85.4 Å². The van der Waals surface area contributed by atoms with Gasteiger partial charge < -0.3 is 20.1 Å². The molecule has 0 radical (unpaired) electrons. The highest BCUT2D eigenvalue weighted by atomic mass is 35.5. The van der Waals surface area contributed by atoms with Crippen molar-refractivity contribution in [3.8, 4) is 11.5 Å². The molecule has 136 valence electrons. The van der Waals surface area contributed by atoms with E-state index < -0.39 is 0 Å². The number of hydrogen-bond acceptors (Lipinski definition) is 6. The van der Waals surface area contributed by atoms with Crippen molar-refractivity contribution in [3.63, 3.8) is 0 Å². The van der Waals surface area contributed by atoms with Gasteiger partial charge in [0.2, 0.25) is 6.79 Å². The molecule has 0 atom stereocenters. The van der Waals surface area contributed by atoms with E-state index in [1.54, 1.807) is 18.2 Å². The van der Waals surface area contributed by atoms with Gasteiger partial charge >= 0.3 is 0 Å². The SMILES string of the molecule is O=C(NCc1ccccc1Cl)c1ccc(Nc2ccc3c(c2)OCO3)nn1. The number of nitrogens with one attached hydrogen (secondary N) is 2. The van der Waals surface area contributed by atoms with Crippen molar-refractivity contribution in [1.29, 1.82) is 0 Å². The Balaban J connectivity index is 1.38. The van der Waals surface area contributed by atoms with Crippen molar-refractivity contribution in [3.05, 3.63) is 70.9 Å². The molecule has 1 aromatic heterocycles. The molecule has 0 saturated carbocycles. The molecular formula is C19H15ClN4O3. The summed E-state index contributed by atoms with van der Waals surface area (Å²) in [6, 6.07) is 16.1. The van der Waals surface area contributed by atoms with Gasteiger partial charge in [0, 0.05) is 23.3 Å². The van der Waals surface area contributed by atoms with Gasteiger partial charge in [-0.15, -0.1) is 10.2 Å². The number of hydrogen-bond donors (Lipinski definition) is 2. The highest BCUT2D eigenvalue weighted by Gasteiger charge is 2.14. The molecule has 0 unspecified atom stereocenters. The van der Waals surface area contributed by atoms with Gasteiger partial charge in [-0.1, -0.05) is 29.8 Å². The van der Waals surface area contributed by atoms with Crippen LogP contribution < -0.4 is 20.1 Å². The van der Waals surface area contributed by atoms with Gasteiger partial charge in [0.05, 0.1) is 0 Å². The predicted molar refractivity (Wildman–Crippen MR) is 101 cm³/mol. The average Bonchev–Trinajstić information content (AvgIpc) is 3.15. The van der Waals surface area contributed by atoms with Crippen LogP contribution in [0.2, 0.25) is 5.02 Å². The molecule has 0 bridgehead atoms. The largest absolute Gasteiger partial charge is 0.454 e. The molecule has 2 heterocycles. The van der Waals surface area contributed by atoms with Crippen LogP contribution in [0.3, 0.4) is 0 Å². The summed E-state index contributed by atoms with van der Waals surface area (Å²) >= 11 is 6.08. The van der Waals surface area contributed by atoms with Crippen molar-refractivity contribution in [2.24, 2.45) is 0 Å². The van der Waals surface area contributed by atoms with Gasteiger partial charge in [-0.25, -0.2) is 0 Å². The summed E-state index contributed by atoms with van der Waals surface area (Å²) in [5, 5.41) is 14.5. The van der Waals surface area contributed by atoms with Crippen molar-refractivity contribution >= 4 is 29.0 Å². The number of ether oxygens (including phenoxy) is 2. The van der Waals surface area contributed by atoms with Crippen LogP contribution >= 0.6 is 11.6 Å². The monoisotopic (exact) mass is 382 g/mol. The second kappa shape index (κ2) is 7.51. The van der Waals surface area contributed by atoms with E-state index in [2.05, 4.69) is 20.8 Å². The minimum absolute atomic E-state index is 0.219. The molecule has 7 nitrogen and oxygen atoms in total. The van der Waals surface area contributed by atoms with Crippen LogP contribution in [-0.4, -0.2) is 22.9 Å². The van der Waals surface area contributed by atoms with Gasteiger partial charge in [-0.05, 0) is 35.9 Å². The number of amides is 1. The lowest BCUT2D eigenvalue weighted by molar-refractivity contribution is 0.0945. The molecular weight excluding hydrogens is 368 g/mol. The maximum atomic E-state index is 12.2. The van der Waals surface area contributed by atoms with Gasteiger partial charge in [-0.3, -0.25) is 4.79 Å². The van der Waals surface area contributed by atoms with Crippen molar-refractivity contribution in [2.45, 2.75) is 6.54 Å². The average molecular weight is 383 g/mol. The number of fused-ring (bicyclic) bond motifs is 1. The fraction of sp³-hybridized carbons (Fsp3) is 0.105. The molecule has 0 aliphatic carbocycles. The Morgan fingerprint density at radius 2 is 1.89 bits per heavy atom. The third-order valence-electron chi connectivity index (χ3n) is 3.94. The third-order valence-corrected chi connectivity index (χ3v) is 4.31. The standard InChI is InChI=1S/C19H15ClN4O3/c20-14-4-2-1-3-12(14)10-21-19(25)15-6-8-18(24-23-15)22-13-5-7-16-17(9-13)27-11-26-16/h1-9H,10-11H2,(H,21,25)(H,22,24). The molecule has 1 aliphatic rings. The van der Waals surface area contributed by atoms with E-state index in [0.717, 1.165) is 11.3 Å². The molecule has 3 aromatic rings. The maximum Gasteiger partial charge on any atom is 0.272 e. The summed E-state index contributed by atoms with van der Waals surface area (Å²) in [4.78, 5) is 12.2. The maximum absolute atomic E-state index is 12.2. The van der Waals surface area contributed by atoms with E-state index in [0.29, 0.717) is 28.9 Å². The summed E-state index contributed by atoms with van der Waals surface area (Å²) in [5.41, 5.74) is 1.84. The highest BCUT2D eigenvalue weighted by molar-refractivity contribution is 6.31. The van der Waals surface area contributed by atoms with Gasteiger partial charge in [0.25, 0.3) is 5.91 Å². The van der Waals surface area contributed by atoms with Crippen LogP contribution in [0.1, 0.15) is 16.1 Å². The van der Waals surface area contributed by atoms with Crippen LogP contribution in [0, 0.1) is 0 Å². The van der Waals surface area contributed by atoms with Crippen LogP contribution in [0.25, 0.3) is 0 Å². The van der Waals surface area contributed by atoms with E-state index in [1.165, 1.54) is 0 Å². The van der Waals surface area contributed by atoms with E-state index in [-0.39, 0.29) is 18.4 Å². The van der Waals surface area contributed by atoms with E-state index in [9.17, 15) is 4.79 Å². The molecule has 0 spiro atoms. The van der Waals surface area contributed by atoms with Crippen molar-refractivity contribution in [2.75, 3.05) is 12.1 Å². The summed E-state index contributed by atoms with van der Waals surface area (Å²) in [6.45, 7) is 0.536.